The number of ether oxygens (including phenoxy) is 1. The second-order valence-electron chi connectivity index (χ2n) is 6.95. The van der Waals surface area contributed by atoms with E-state index in [1.54, 1.807) is 0 Å². The number of nitrogens with one attached hydrogen (secondary N) is 1. The van der Waals surface area contributed by atoms with Crippen LogP contribution in [0.1, 0.15) is 12.8 Å². The van der Waals surface area contributed by atoms with Crippen LogP contribution in [0, 0.1) is 5.92 Å². The average Bonchev–Trinajstić information content (AvgIpc) is 3.10. The minimum atomic E-state index is -0.0365. The van der Waals surface area contributed by atoms with Crippen molar-refractivity contribution in [3.05, 3.63) is 24.3 Å². The molecule has 1 aromatic carbocycles. The lowest BCUT2D eigenvalue weighted by molar-refractivity contribution is -0.845. The molecule has 6 rings (SSSR count). The topological polar surface area (TPSA) is 51.4 Å². The van der Waals surface area contributed by atoms with E-state index in [1.807, 2.05) is 25.2 Å². The zero-order valence-electron chi connectivity index (χ0n) is 13.3. The summed E-state index contributed by atoms with van der Waals surface area (Å²) in [4.78, 5) is 9.39. The second-order valence-corrected chi connectivity index (χ2v) is 6.95. The summed E-state index contributed by atoms with van der Waals surface area (Å²) in [5.41, 5.74) is 2.07. The highest BCUT2D eigenvalue weighted by Gasteiger charge is 2.55. The van der Waals surface area contributed by atoms with Crippen molar-refractivity contribution in [3.8, 4) is 0 Å². The first kappa shape index (κ1) is 14.3. The van der Waals surface area contributed by atoms with Crippen molar-refractivity contribution in [2.24, 2.45) is 18.0 Å². The predicted octanol–water partition coefficient (Wildman–Crippen LogP) is 0.631. The number of aromatic nitrogens is 2. The van der Waals surface area contributed by atoms with E-state index in [2.05, 4.69) is 20.9 Å². The van der Waals surface area contributed by atoms with Crippen molar-refractivity contribution in [1.82, 2.24) is 9.55 Å². The van der Waals surface area contributed by atoms with Crippen molar-refractivity contribution >= 4 is 31.0 Å². The molecule has 6 nitrogen and oxygen atoms in total. The molecule has 1 aromatic heterocycles. The van der Waals surface area contributed by atoms with Gasteiger partial charge in [0.2, 0.25) is 5.95 Å². The third-order valence-corrected chi connectivity index (χ3v) is 5.62. The Kier molecular flexibility index (Phi) is 2.84. The Balaban J connectivity index is 1.39. The van der Waals surface area contributed by atoms with Gasteiger partial charge in [-0.2, -0.15) is 0 Å². The maximum Gasteiger partial charge on any atom is 0.292 e. The SMILES string of the molecule is [BH3-][N+]12CCC(CC1)C1(CN=C(Nc3nc4ccccc4n3C)O1)C2. The molecule has 4 aliphatic rings. The molecule has 0 radical (unpaired) electrons. The lowest BCUT2D eigenvalue weighted by Gasteiger charge is -2.60. The van der Waals surface area contributed by atoms with Gasteiger partial charge in [-0.1, -0.05) is 12.1 Å². The summed E-state index contributed by atoms with van der Waals surface area (Å²) in [5.74, 6) is 1.48. The molecule has 2 bridgehead atoms. The number of aliphatic imine (C=N–C) groups is 1. The van der Waals surface area contributed by atoms with Crippen molar-refractivity contribution in [2.75, 3.05) is 31.5 Å². The largest absolute Gasteiger partial charge is 0.519 e. The highest BCUT2D eigenvalue weighted by atomic mass is 16.5. The molecule has 0 amide bonds. The minimum Gasteiger partial charge on any atom is -0.519 e. The van der Waals surface area contributed by atoms with Crippen LogP contribution in [0.4, 0.5) is 5.95 Å². The number of hydrogen-bond acceptors (Lipinski definition) is 4. The standard InChI is InChI=1S/C17H24BN5O/c1-22-14-5-3-2-4-13(14)20-15(22)21-16-19-10-17(24-16)11-23(18)8-6-12(17)7-9-23/h2-5,12H,6-11H2,1,18H3,(H,19,20,21). The Morgan fingerprint density at radius 1 is 1.33 bits per heavy atom. The molecule has 1 spiro atoms. The van der Waals surface area contributed by atoms with E-state index in [0.29, 0.717) is 19.9 Å². The van der Waals surface area contributed by atoms with Crippen molar-refractivity contribution in [2.45, 2.75) is 18.4 Å². The number of anilines is 1. The summed E-state index contributed by atoms with van der Waals surface area (Å²) in [6.45, 7) is 4.79. The fraction of sp³-hybridized carbons (Fsp3) is 0.529. The maximum atomic E-state index is 6.45. The van der Waals surface area contributed by atoms with Crippen molar-refractivity contribution in [1.29, 1.82) is 0 Å². The van der Waals surface area contributed by atoms with Crippen molar-refractivity contribution < 1.29 is 9.13 Å². The van der Waals surface area contributed by atoms with Crippen LogP contribution in [0.25, 0.3) is 11.0 Å². The molecule has 24 heavy (non-hydrogen) atoms. The van der Waals surface area contributed by atoms with Crippen LogP contribution < -0.4 is 5.32 Å². The van der Waals surface area contributed by atoms with E-state index in [1.165, 1.54) is 36.9 Å². The molecular formula is C17H24BN5O. The summed E-state index contributed by atoms with van der Waals surface area (Å²) in [5, 5.41) is 3.34. The van der Waals surface area contributed by atoms with Gasteiger partial charge in [0.05, 0.1) is 24.1 Å². The second kappa shape index (κ2) is 4.75. The Morgan fingerprint density at radius 3 is 2.88 bits per heavy atom. The molecule has 4 aliphatic heterocycles. The molecular weight excluding hydrogens is 301 g/mol. The molecule has 1 N–H and O–H groups in total. The fourth-order valence-corrected chi connectivity index (χ4v) is 4.30. The van der Waals surface area contributed by atoms with Crippen LogP contribution in [-0.4, -0.2) is 59.7 Å². The molecule has 7 heteroatoms. The molecule has 5 heterocycles. The number of amidine groups is 1. The smallest absolute Gasteiger partial charge is 0.292 e. The average molecular weight is 325 g/mol. The number of para-hydroxylation sites is 2. The van der Waals surface area contributed by atoms with E-state index in [4.69, 9.17) is 9.73 Å². The number of benzene rings is 1. The quantitative estimate of drug-likeness (QED) is 0.783. The molecule has 0 saturated carbocycles. The summed E-state index contributed by atoms with van der Waals surface area (Å²) in [6.07, 6.45) is 2.64. The number of rotatable bonds is 1. The van der Waals surface area contributed by atoms with E-state index >= 15 is 0 Å². The maximum absolute atomic E-state index is 6.45. The Hall–Kier alpha value is -2.02. The normalized spacial score (nSPS) is 34.6. The Bertz CT molecular complexity index is 839. The van der Waals surface area contributed by atoms with Crippen LogP contribution in [0.15, 0.2) is 29.3 Å². The number of piperidine rings is 3. The molecule has 3 saturated heterocycles. The molecule has 126 valence electrons. The van der Waals surface area contributed by atoms with Crippen LogP contribution in [0.2, 0.25) is 0 Å². The molecule has 3 fully saturated rings. The van der Waals surface area contributed by atoms with E-state index in [0.717, 1.165) is 23.5 Å². The van der Waals surface area contributed by atoms with E-state index < -0.39 is 0 Å². The van der Waals surface area contributed by atoms with Crippen molar-refractivity contribution in [3.63, 3.8) is 0 Å². The van der Waals surface area contributed by atoms with Gasteiger partial charge < -0.3 is 13.7 Å². The Morgan fingerprint density at radius 2 is 2.12 bits per heavy atom. The molecule has 1 unspecified atom stereocenters. The third kappa shape index (κ3) is 2.00. The predicted molar refractivity (Wildman–Crippen MR) is 98.0 cm³/mol. The first-order valence-corrected chi connectivity index (χ1v) is 8.38. The number of imidazole rings is 1. The third-order valence-electron chi connectivity index (χ3n) is 5.62. The van der Waals surface area contributed by atoms with Crippen LogP contribution in [0.3, 0.4) is 0 Å². The molecule has 1 atom stereocenters. The first-order chi connectivity index (χ1) is 11.6. The highest BCUT2D eigenvalue weighted by Crippen LogP contribution is 2.43. The molecule has 2 aromatic rings. The number of quaternary nitrogens is 1. The zero-order chi connectivity index (χ0) is 16.4. The summed E-state index contributed by atoms with van der Waals surface area (Å²) in [6, 6.07) is 8.83. The van der Waals surface area contributed by atoms with Gasteiger partial charge in [-0.15, -0.1) is 0 Å². The van der Waals surface area contributed by atoms with Gasteiger partial charge in [-0.25, -0.2) is 9.98 Å². The van der Waals surface area contributed by atoms with Gasteiger partial charge in [-0.05, 0) is 25.0 Å². The van der Waals surface area contributed by atoms with Gasteiger partial charge in [0, 0.05) is 26.1 Å². The fourth-order valence-electron chi connectivity index (χ4n) is 4.30. The van der Waals surface area contributed by atoms with Gasteiger partial charge in [0.1, 0.15) is 0 Å². The summed E-state index contributed by atoms with van der Waals surface area (Å²) >= 11 is 0. The molecule has 0 aliphatic carbocycles. The number of hydrogen-bond donors (Lipinski definition) is 1. The monoisotopic (exact) mass is 325 g/mol. The number of aryl methyl sites for hydroxylation is 1. The summed E-state index contributed by atoms with van der Waals surface area (Å²) in [7, 11) is 2.32. The Labute approximate surface area is 142 Å². The lowest BCUT2D eigenvalue weighted by Crippen LogP contribution is -2.69. The van der Waals surface area contributed by atoms with Crippen LogP contribution in [-0.2, 0) is 11.8 Å². The van der Waals surface area contributed by atoms with Gasteiger partial charge in [0.25, 0.3) is 6.02 Å². The van der Waals surface area contributed by atoms with Crippen LogP contribution in [0.5, 0.6) is 0 Å². The first-order valence-electron chi connectivity index (χ1n) is 8.38. The minimum absolute atomic E-state index is 0.0365. The summed E-state index contributed by atoms with van der Waals surface area (Å²) < 4.78 is 9.90. The zero-order valence-corrected chi connectivity index (χ0v) is 13.3. The highest BCUT2D eigenvalue weighted by molar-refractivity contribution is 5.97. The van der Waals surface area contributed by atoms with Gasteiger partial charge >= 0.3 is 0 Å². The lowest BCUT2D eigenvalue weighted by atomic mass is 9.72. The van der Waals surface area contributed by atoms with E-state index in [9.17, 15) is 0 Å². The number of nitrogens with zero attached hydrogens (tertiary/aromatic N) is 4. The van der Waals surface area contributed by atoms with Crippen LogP contribution >= 0.6 is 0 Å². The van der Waals surface area contributed by atoms with Gasteiger partial charge in [0.15, 0.2) is 13.6 Å². The van der Waals surface area contributed by atoms with Gasteiger partial charge in [-0.3, -0.25) is 5.32 Å². The number of fused-ring (bicyclic) bond motifs is 3. The van der Waals surface area contributed by atoms with E-state index in [-0.39, 0.29) is 5.60 Å².